The summed E-state index contributed by atoms with van der Waals surface area (Å²) in [5.41, 5.74) is 0.892. The van der Waals surface area contributed by atoms with Crippen LogP contribution < -0.4 is 14.8 Å². The van der Waals surface area contributed by atoms with Crippen LogP contribution in [0, 0.1) is 12.7 Å². The minimum absolute atomic E-state index is 0.00141. The summed E-state index contributed by atoms with van der Waals surface area (Å²) in [5.74, 6) is -0.00808. The first-order chi connectivity index (χ1) is 9.66. The van der Waals surface area contributed by atoms with Crippen LogP contribution in [0.5, 0.6) is 11.5 Å². The van der Waals surface area contributed by atoms with Gasteiger partial charge in [0.15, 0.2) is 11.5 Å². The van der Waals surface area contributed by atoms with Crippen molar-refractivity contribution in [3.05, 3.63) is 53.3 Å². The van der Waals surface area contributed by atoms with E-state index in [1.165, 1.54) is 6.07 Å². The predicted molar refractivity (Wildman–Crippen MR) is 71.7 cm³/mol. The molecule has 1 N–H and O–H groups in total. The second-order valence-corrected chi connectivity index (χ2v) is 4.43. The number of nitrogens with one attached hydrogen (secondary N) is 1. The van der Waals surface area contributed by atoms with Crippen molar-refractivity contribution in [1.29, 1.82) is 0 Å². The highest BCUT2D eigenvalue weighted by molar-refractivity contribution is 6.05. The summed E-state index contributed by atoms with van der Waals surface area (Å²) in [6.07, 6.45) is 0. The van der Waals surface area contributed by atoms with E-state index in [-0.39, 0.29) is 12.4 Å². The average Bonchev–Trinajstić information content (AvgIpc) is 2.91. The molecule has 0 unspecified atom stereocenters. The Bertz CT molecular complexity index is 685. The van der Waals surface area contributed by atoms with Gasteiger partial charge in [-0.15, -0.1) is 0 Å². The normalized spacial score (nSPS) is 12.3. The average molecular weight is 273 g/mol. The van der Waals surface area contributed by atoms with Gasteiger partial charge in [-0.05, 0) is 30.7 Å². The molecule has 0 aliphatic carbocycles. The van der Waals surface area contributed by atoms with Gasteiger partial charge in [0.25, 0.3) is 5.91 Å². The van der Waals surface area contributed by atoms with E-state index in [4.69, 9.17) is 9.47 Å². The lowest BCUT2D eigenvalue weighted by molar-refractivity contribution is 0.102. The maximum atomic E-state index is 13.9. The first-order valence-electron chi connectivity index (χ1n) is 6.12. The fraction of sp³-hybridized carbons (Fsp3) is 0.133. The van der Waals surface area contributed by atoms with E-state index in [0.29, 0.717) is 22.7 Å². The number of benzene rings is 2. The summed E-state index contributed by atoms with van der Waals surface area (Å²) < 4.78 is 24.4. The van der Waals surface area contributed by atoms with Crippen LogP contribution in [0.2, 0.25) is 0 Å². The molecule has 0 aromatic heterocycles. The monoisotopic (exact) mass is 273 g/mol. The molecule has 102 valence electrons. The van der Waals surface area contributed by atoms with Crippen LogP contribution in [0.4, 0.5) is 10.1 Å². The van der Waals surface area contributed by atoms with Crippen molar-refractivity contribution in [2.24, 2.45) is 0 Å². The van der Waals surface area contributed by atoms with Gasteiger partial charge < -0.3 is 14.8 Å². The molecule has 1 aliphatic heterocycles. The Hall–Kier alpha value is -2.56. The van der Waals surface area contributed by atoms with E-state index in [2.05, 4.69) is 5.32 Å². The SMILES string of the molecule is Cc1cccc(C(=O)Nc2cccc3c2OCO3)c1F. The number of amides is 1. The largest absolute Gasteiger partial charge is 0.454 e. The number of ether oxygens (including phenoxy) is 2. The maximum absolute atomic E-state index is 13.9. The van der Waals surface area contributed by atoms with Gasteiger partial charge in [0, 0.05) is 0 Å². The standard InChI is InChI=1S/C15H12FNO3/c1-9-4-2-5-10(13(9)16)15(18)17-11-6-3-7-12-14(11)20-8-19-12/h2-7H,8H2,1H3,(H,17,18). The zero-order valence-electron chi connectivity index (χ0n) is 10.8. The Balaban J connectivity index is 1.90. The number of halogens is 1. The third-order valence-electron chi connectivity index (χ3n) is 3.08. The molecule has 5 heteroatoms. The molecule has 0 bridgehead atoms. The fourth-order valence-corrected chi connectivity index (χ4v) is 2.04. The lowest BCUT2D eigenvalue weighted by atomic mass is 10.1. The molecule has 4 nitrogen and oxygen atoms in total. The van der Waals surface area contributed by atoms with Gasteiger partial charge in [0.2, 0.25) is 6.79 Å². The number of carbonyl (C=O) groups excluding carboxylic acids is 1. The Morgan fingerprint density at radius 3 is 2.85 bits per heavy atom. The molecule has 1 aliphatic rings. The topological polar surface area (TPSA) is 47.6 Å². The summed E-state index contributed by atoms with van der Waals surface area (Å²) in [4.78, 5) is 12.1. The zero-order valence-corrected chi connectivity index (χ0v) is 10.8. The van der Waals surface area contributed by atoms with Gasteiger partial charge in [-0.1, -0.05) is 18.2 Å². The van der Waals surface area contributed by atoms with Crippen molar-refractivity contribution in [2.45, 2.75) is 6.92 Å². The summed E-state index contributed by atoms with van der Waals surface area (Å²) in [6, 6.07) is 9.85. The second-order valence-electron chi connectivity index (χ2n) is 4.43. The molecule has 0 saturated carbocycles. The number of hydrogen-bond donors (Lipinski definition) is 1. The summed E-state index contributed by atoms with van der Waals surface area (Å²) >= 11 is 0. The fourth-order valence-electron chi connectivity index (χ4n) is 2.04. The molecule has 3 rings (SSSR count). The molecule has 0 saturated heterocycles. The van der Waals surface area contributed by atoms with Crippen LogP contribution >= 0.6 is 0 Å². The van der Waals surface area contributed by atoms with Crippen LogP contribution in [-0.4, -0.2) is 12.7 Å². The minimum Gasteiger partial charge on any atom is -0.454 e. The van der Waals surface area contributed by atoms with E-state index < -0.39 is 11.7 Å². The quantitative estimate of drug-likeness (QED) is 0.914. The van der Waals surface area contributed by atoms with Crippen molar-refractivity contribution in [2.75, 3.05) is 12.1 Å². The van der Waals surface area contributed by atoms with E-state index in [1.807, 2.05) is 0 Å². The van der Waals surface area contributed by atoms with Crippen molar-refractivity contribution in [1.82, 2.24) is 0 Å². The molecule has 20 heavy (non-hydrogen) atoms. The zero-order chi connectivity index (χ0) is 14.1. The Morgan fingerprint density at radius 2 is 2.00 bits per heavy atom. The summed E-state index contributed by atoms with van der Waals surface area (Å²) in [6.45, 7) is 1.73. The van der Waals surface area contributed by atoms with E-state index in [9.17, 15) is 9.18 Å². The van der Waals surface area contributed by atoms with Gasteiger partial charge >= 0.3 is 0 Å². The predicted octanol–water partition coefficient (Wildman–Crippen LogP) is 3.12. The molecule has 0 radical (unpaired) electrons. The van der Waals surface area contributed by atoms with E-state index >= 15 is 0 Å². The van der Waals surface area contributed by atoms with Gasteiger partial charge in [-0.25, -0.2) is 4.39 Å². The molecular weight excluding hydrogens is 261 g/mol. The number of fused-ring (bicyclic) bond motifs is 1. The van der Waals surface area contributed by atoms with Crippen molar-refractivity contribution in [3.63, 3.8) is 0 Å². The first-order valence-corrected chi connectivity index (χ1v) is 6.12. The van der Waals surface area contributed by atoms with Crippen LogP contribution in [0.15, 0.2) is 36.4 Å². The van der Waals surface area contributed by atoms with Gasteiger partial charge in [-0.2, -0.15) is 0 Å². The number of para-hydroxylation sites is 1. The first kappa shape index (κ1) is 12.5. The highest BCUT2D eigenvalue weighted by Gasteiger charge is 2.20. The maximum Gasteiger partial charge on any atom is 0.258 e. The summed E-state index contributed by atoms with van der Waals surface area (Å²) in [7, 11) is 0. The van der Waals surface area contributed by atoms with E-state index in [1.54, 1.807) is 37.3 Å². The molecule has 1 heterocycles. The number of aryl methyl sites for hydroxylation is 1. The lowest BCUT2D eigenvalue weighted by Gasteiger charge is -2.09. The molecule has 0 spiro atoms. The Labute approximate surface area is 115 Å². The lowest BCUT2D eigenvalue weighted by Crippen LogP contribution is -2.14. The van der Waals surface area contributed by atoms with Crippen molar-refractivity contribution < 1.29 is 18.7 Å². The van der Waals surface area contributed by atoms with Crippen molar-refractivity contribution >= 4 is 11.6 Å². The third kappa shape index (κ3) is 2.07. The third-order valence-corrected chi connectivity index (χ3v) is 3.08. The molecular formula is C15H12FNO3. The van der Waals surface area contributed by atoms with Gasteiger partial charge in [0.05, 0.1) is 11.3 Å². The number of carbonyl (C=O) groups is 1. The van der Waals surface area contributed by atoms with Gasteiger partial charge in [-0.3, -0.25) is 4.79 Å². The molecule has 2 aromatic carbocycles. The molecule has 0 fully saturated rings. The van der Waals surface area contributed by atoms with Crippen LogP contribution in [-0.2, 0) is 0 Å². The second kappa shape index (κ2) is 4.85. The molecule has 2 aromatic rings. The Kier molecular flexibility index (Phi) is 3.02. The number of anilines is 1. The van der Waals surface area contributed by atoms with Crippen LogP contribution in [0.25, 0.3) is 0 Å². The van der Waals surface area contributed by atoms with Crippen molar-refractivity contribution in [3.8, 4) is 11.5 Å². The van der Waals surface area contributed by atoms with Crippen LogP contribution in [0.3, 0.4) is 0 Å². The highest BCUT2D eigenvalue weighted by Crippen LogP contribution is 2.39. The summed E-state index contributed by atoms with van der Waals surface area (Å²) in [5, 5.41) is 2.64. The highest BCUT2D eigenvalue weighted by atomic mass is 19.1. The number of rotatable bonds is 2. The van der Waals surface area contributed by atoms with Crippen LogP contribution in [0.1, 0.15) is 15.9 Å². The smallest absolute Gasteiger partial charge is 0.258 e. The van der Waals surface area contributed by atoms with E-state index in [0.717, 1.165) is 0 Å². The van der Waals surface area contributed by atoms with Gasteiger partial charge in [0.1, 0.15) is 5.82 Å². The Morgan fingerprint density at radius 1 is 1.20 bits per heavy atom. The molecule has 0 atom stereocenters. The number of hydrogen-bond acceptors (Lipinski definition) is 3. The minimum atomic E-state index is -0.519. The molecule has 1 amide bonds.